The highest BCUT2D eigenvalue weighted by molar-refractivity contribution is 6.40. The molecule has 0 aliphatic rings. The van der Waals surface area contributed by atoms with Crippen molar-refractivity contribution < 1.29 is 23.6 Å². The number of nitrogens with zero attached hydrogens (tertiary/aromatic N) is 4. The second kappa shape index (κ2) is 11.6. The zero-order chi connectivity index (χ0) is 19.8. The van der Waals surface area contributed by atoms with Crippen LogP contribution in [-0.2, 0) is 17.9 Å². The summed E-state index contributed by atoms with van der Waals surface area (Å²) in [6.45, 7) is -0.232. The van der Waals surface area contributed by atoms with E-state index in [9.17, 15) is 13.6 Å². The van der Waals surface area contributed by atoms with Crippen LogP contribution in [0.4, 0.5) is 8.78 Å². The first-order valence-corrected chi connectivity index (χ1v) is 8.44. The van der Waals surface area contributed by atoms with Crippen LogP contribution in [0.1, 0.15) is 36.7 Å². The van der Waals surface area contributed by atoms with Crippen LogP contribution in [0.2, 0.25) is 6.32 Å². The molecule has 0 bridgehead atoms. The van der Waals surface area contributed by atoms with Gasteiger partial charge in [-0.1, -0.05) is 12.8 Å². The topological polar surface area (TPSA) is 139 Å². The second-order valence-corrected chi connectivity index (χ2v) is 6.12. The normalized spacial score (nSPS) is 11.6. The Kier molecular flexibility index (Phi) is 9.93. The van der Waals surface area contributed by atoms with Gasteiger partial charge in [-0.3, -0.25) is 4.79 Å². The van der Waals surface area contributed by atoms with E-state index >= 15 is 0 Å². The molecular formula is C15H22BClF2N6O3. The number of aromatic nitrogens is 4. The molecule has 0 fully saturated rings. The Labute approximate surface area is 166 Å². The van der Waals surface area contributed by atoms with Crippen LogP contribution in [0.15, 0.2) is 18.2 Å². The van der Waals surface area contributed by atoms with Crippen molar-refractivity contribution in [1.82, 2.24) is 25.5 Å². The van der Waals surface area contributed by atoms with E-state index in [1.807, 2.05) is 0 Å². The number of hydrogen-bond donors (Lipinski definition) is 4. The third-order valence-electron chi connectivity index (χ3n) is 3.82. The molecule has 1 aromatic heterocycles. The lowest BCUT2D eigenvalue weighted by Gasteiger charge is -2.12. The monoisotopic (exact) mass is 418 g/mol. The Morgan fingerprint density at radius 1 is 1.25 bits per heavy atom. The molecule has 0 saturated heterocycles. The Bertz CT molecular complexity index is 747. The SMILES string of the molecule is Cl.NC(CCCCB(O)O)c1nnnn1CC(=O)NCc1cc(F)cc(F)c1. The van der Waals surface area contributed by atoms with E-state index in [1.54, 1.807) is 0 Å². The van der Waals surface area contributed by atoms with Gasteiger partial charge in [-0.25, -0.2) is 13.5 Å². The number of carbonyl (C=O) groups excluding carboxylic acids is 1. The van der Waals surface area contributed by atoms with Crippen molar-refractivity contribution in [1.29, 1.82) is 0 Å². The van der Waals surface area contributed by atoms with Gasteiger partial charge in [-0.2, -0.15) is 0 Å². The molecule has 0 saturated carbocycles. The van der Waals surface area contributed by atoms with Crippen molar-refractivity contribution in [2.24, 2.45) is 5.73 Å². The molecule has 13 heteroatoms. The molecule has 0 aliphatic heterocycles. The van der Waals surface area contributed by atoms with Gasteiger partial charge in [0, 0.05) is 12.6 Å². The minimum Gasteiger partial charge on any atom is -0.427 e. The Hall–Kier alpha value is -2.15. The fourth-order valence-electron chi connectivity index (χ4n) is 2.52. The lowest BCUT2D eigenvalue weighted by Crippen LogP contribution is -2.29. The second-order valence-electron chi connectivity index (χ2n) is 6.12. The number of tetrazole rings is 1. The predicted octanol–water partition coefficient (Wildman–Crippen LogP) is 0.332. The smallest absolute Gasteiger partial charge is 0.427 e. The largest absolute Gasteiger partial charge is 0.451 e. The van der Waals surface area contributed by atoms with Gasteiger partial charge in [0.2, 0.25) is 5.91 Å². The molecule has 2 rings (SSSR count). The van der Waals surface area contributed by atoms with Crippen LogP contribution in [0.5, 0.6) is 0 Å². The van der Waals surface area contributed by atoms with E-state index < -0.39 is 30.7 Å². The standard InChI is InChI=1S/C15H21BF2N6O3.ClH/c17-11-5-10(6-12(18)7-11)8-20-14(25)9-24-15(21-22-23-24)13(19)3-1-2-4-16(26)27;/h5-7,13,26-27H,1-4,8-9,19H2,(H,20,25);1H. The molecule has 0 spiro atoms. The minimum atomic E-state index is -1.35. The molecule has 1 unspecified atom stereocenters. The highest BCUT2D eigenvalue weighted by atomic mass is 35.5. The molecule has 154 valence electrons. The summed E-state index contributed by atoms with van der Waals surface area (Å²) >= 11 is 0. The fourth-order valence-corrected chi connectivity index (χ4v) is 2.52. The first kappa shape index (κ1) is 23.9. The van der Waals surface area contributed by atoms with Crippen LogP contribution in [0.3, 0.4) is 0 Å². The quantitative estimate of drug-likeness (QED) is 0.322. The average Bonchev–Trinajstić information content (AvgIpc) is 3.04. The molecule has 2 aromatic rings. The summed E-state index contributed by atoms with van der Waals surface area (Å²) in [5, 5.41) is 31.2. The number of halogens is 3. The Morgan fingerprint density at radius 3 is 2.57 bits per heavy atom. The van der Waals surface area contributed by atoms with E-state index in [1.165, 1.54) is 4.68 Å². The lowest BCUT2D eigenvalue weighted by atomic mass is 9.83. The Morgan fingerprint density at radius 2 is 1.93 bits per heavy atom. The van der Waals surface area contributed by atoms with Crippen molar-refractivity contribution in [2.45, 2.75) is 44.7 Å². The number of carbonyl (C=O) groups is 1. The van der Waals surface area contributed by atoms with E-state index in [0.717, 1.165) is 18.2 Å². The molecule has 28 heavy (non-hydrogen) atoms. The molecule has 1 aromatic carbocycles. The third kappa shape index (κ3) is 7.84. The van der Waals surface area contributed by atoms with Gasteiger partial charge in [0.05, 0.1) is 6.04 Å². The summed E-state index contributed by atoms with van der Waals surface area (Å²) in [5.74, 6) is -1.56. The van der Waals surface area contributed by atoms with Crippen LogP contribution in [0.25, 0.3) is 0 Å². The van der Waals surface area contributed by atoms with Gasteiger partial charge in [0.1, 0.15) is 18.2 Å². The highest BCUT2D eigenvalue weighted by Crippen LogP contribution is 2.15. The van der Waals surface area contributed by atoms with Crippen LogP contribution < -0.4 is 11.1 Å². The first-order chi connectivity index (χ1) is 12.8. The number of rotatable bonds is 10. The van der Waals surface area contributed by atoms with Gasteiger partial charge in [-0.15, -0.1) is 17.5 Å². The number of unbranched alkanes of at least 4 members (excludes halogenated alkanes) is 1. The maximum atomic E-state index is 13.1. The third-order valence-corrected chi connectivity index (χ3v) is 3.82. The number of benzene rings is 1. The zero-order valence-electron chi connectivity index (χ0n) is 15.0. The van der Waals surface area contributed by atoms with Gasteiger partial charge >= 0.3 is 7.12 Å². The van der Waals surface area contributed by atoms with E-state index in [4.69, 9.17) is 15.8 Å². The summed E-state index contributed by atoms with van der Waals surface area (Å²) in [5.41, 5.74) is 6.32. The first-order valence-electron chi connectivity index (χ1n) is 8.44. The molecule has 1 atom stereocenters. The molecule has 0 aliphatic carbocycles. The zero-order valence-corrected chi connectivity index (χ0v) is 15.8. The van der Waals surface area contributed by atoms with Crippen LogP contribution in [0, 0.1) is 11.6 Å². The number of nitrogens with one attached hydrogen (secondary N) is 1. The van der Waals surface area contributed by atoms with Gasteiger partial charge in [0.25, 0.3) is 0 Å². The van der Waals surface area contributed by atoms with Crippen LogP contribution in [-0.4, -0.2) is 43.3 Å². The maximum absolute atomic E-state index is 13.1. The van der Waals surface area contributed by atoms with Crippen molar-refractivity contribution in [3.63, 3.8) is 0 Å². The van der Waals surface area contributed by atoms with E-state index in [0.29, 0.717) is 30.7 Å². The predicted molar refractivity (Wildman–Crippen MR) is 99.0 cm³/mol. The van der Waals surface area contributed by atoms with Gasteiger partial charge < -0.3 is 21.1 Å². The molecular weight excluding hydrogens is 396 g/mol. The average molecular weight is 419 g/mol. The van der Waals surface area contributed by atoms with Crippen molar-refractivity contribution in [3.05, 3.63) is 41.2 Å². The Balaban J connectivity index is 0.00000392. The fraction of sp³-hybridized carbons (Fsp3) is 0.467. The van der Waals surface area contributed by atoms with Crippen molar-refractivity contribution in [3.8, 4) is 0 Å². The van der Waals surface area contributed by atoms with E-state index in [2.05, 4.69) is 20.8 Å². The van der Waals surface area contributed by atoms with Crippen molar-refractivity contribution in [2.75, 3.05) is 0 Å². The lowest BCUT2D eigenvalue weighted by molar-refractivity contribution is -0.122. The maximum Gasteiger partial charge on any atom is 0.451 e. The van der Waals surface area contributed by atoms with E-state index in [-0.39, 0.29) is 31.8 Å². The molecule has 1 heterocycles. The molecule has 0 radical (unpaired) electrons. The highest BCUT2D eigenvalue weighted by Gasteiger charge is 2.17. The van der Waals surface area contributed by atoms with Gasteiger partial charge in [-0.05, 0) is 40.9 Å². The summed E-state index contributed by atoms with van der Waals surface area (Å²) in [6.07, 6.45) is 1.98. The molecule has 9 nitrogen and oxygen atoms in total. The van der Waals surface area contributed by atoms with Gasteiger partial charge in [0.15, 0.2) is 5.82 Å². The number of amides is 1. The van der Waals surface area contributed by atoms with Crippen molar-refractivity contribution >= 4 is 25.4 Å². The summed E-state index contributed by atoms with van der Waals surface area (Å²) in [6, 6.07) is 2.50. The summed E-state index contributed by atoms with van der Waals surface area (Å²) in [4.78, 5) is 12.1. The summed E-state index contributed by atoms with van der Waals surface area (Å²) < 4.78 is 27.5. The molecule has 5 N–H and O–H groups in total. The molecule has 1 amide bonds. The number of nitrogens with two attached hydrogens (primary N) is 1. The summed E-state index contributed by atoms with van der Waals surface area (Å²) in [7, 11) is -1.35. The number of hydrogen-bond acceptors (Lipinski definition) is 7. The minimum absolute atomic E-state index is 0. The van der Waals surface area contributed by atoms with Crippen LogP contribution >= 0.6 is 12.4 Å².